The molecular formula is C18H20N6O4. The molecule has 10 nitrogen and oxygen atoms in total. The Labute approximate surface area is 160 Å². The van der Waals surface area contributed by atoms with E-state index < -0.39 is 17.9 Å². The molecule has 1 aromatic heterocycles. The number of benzene rings is 1. The third-order valence-corrected chi connectivity index (χ3v) is 4.84. The van der Waals surface area contributed by atoms with Crippen molar-refractivity contribution in [2.45, 2.75) is 25.6 Å². The monoisotopic (exact) mass is 384 g/mol. The van der Waals surface area contributed by atoms with Crippen molar-refractivity contribution in [2.24, 2.45) is 10.7 Å². The largest absolute Gasteiger partial charge is 0.492 e. The van der Waals surface area contributed by atoms with Crippen LogP contribution in [0.5, 0.6) is 11.5 Å². The van der Waals surface area contributed by atoms with E-state index in [-0.39, 0.29) is 6.04 Å². The molecule has 0 saturated carbocycles. The van der Waals surface area contributed by atoms with Gasteiger partial charge in [-0.2, -0.15) is 0 Å². The summed E-state index contributed by atoms with van der Waals surface area (Å²) in [5, 5.41) is 2.62. The molecule has 2 aliphatic rings. The Morgan fingerprint density at radius 2 is 2.21 bits per heavy atom. The van der Waals surface area contributed by atoms with Crippen molar-refractivity contribution in [1.82, 2.24) is 19.8 Å². The highest BCUT2D eigenvalue weighted by atomic mass is 16.5. The third kappa shape index (κ3) is 2.82. The van der Waals surface area contributed by atoms with Gasteiger partial charge in [0.25, 0.3) is 5.91 Å². The van der Waals surface area contributed by atoms with Crippen molar-refractivity contribution in [2.75, 3.05) is 13.7 Å². The molecule has 28 heavy (non-hydrogen) atoms. The highest BCUT2D eigenvalue weighted by molar-refractivity contribution is 6.17. The lowest BCUT2D eigenvalue weighted by atomic mass is 10.00. The van der Waals surface area contributed by atoms with Crippen LogP contribution in [-0.2, 0) is 16.1 Å². The Kier molecular flexibility index (Phi) is 4.38. The molecule has 2 unspecified atom stereocenters. The minimum atomic E-state index is -1.11. The first-order valence-corrected chi connectivity index (χ1v) is 8.78. The first-order chi connectivity index (χ1) is 13.5. The number of fused-ring (bicyclic) bond motifs is 2. The fourth-order valence-corrected chi connectivity index (χ4v) is 3.58. The molecule has 0 aliphatic carbocycles. The highest BCUT2D eigenvalue weighted by Gasteiger charge is 2.46. The van der Waals surface area contributed by atoms with Crippen LogP contribution >= 0.6 is 0 Å². The Hall–Kier alpha value is -3.56. The maximum Gasteiger partial charge on any atom is 0.259 e. The molecule has 4 rings (SSSR count). The van der Waals surface area contributed by atoms with E-state index in [0.29, 0.717) is 36.3 Å². The Bertz CT molecular complexity index is 955. The molecule has 0 radical (unpaired) electrons. The van der Waals surface area contributed by atoms with Gasteiger partial charge in [-0.3, -0.25) is 14.9 Å². The fraction of sp³-hybridized carbons (Fsp3) is 0.333. The van der Waals surface area contributed by atoms with Gasteiger partial charge in [-0.05, 0) is 19.1 Å². The molecule has 2 atom stereocenters. The maximum atomic E-state index is 12.2. The van der Waals surface area contributed by atoms with Crippen LogP contribution in [0.2, 0.25) is 0 Å². The van der Waals surface area contributed by atoms with E-state index in [1.165, 1.54) is 0 Å². The number of carbonyl (C=O) groups is 2. The number of rotatable bonds is 6. The number of nitrogens with zero attached hydrogens (tertiary/aromatic N) is 4. The van der Waals surface area contributed by atoms with Crippen molar-refractivity contribution in [3.05, 3.63) is 36.4 Å². The molecule has 2 aromatic rings. The summed E-state index contributed by atoms with van der Waals surface area (Å²) < 4.78 is 13.4. The van der Waals surface area contributed by atoms with Crippen molar-refractivity contribution in [1.29, 1.82) is 0 Å². The van der Waals surface area contributed by atoms with Crippen molar-refractivity contribution < 1.29 is 19.1 Å². The zero-order chi connectivity index (χ0) is 19.8. The number of nitrogens with one attached hydrogen (secondary N) is 1. The quantitative estimate of drug-likeness (QED) is 0.691. The van der Waals surface area contributed by atoms with Gasteiger partial charge in [0.2, 0.25) is 11.9 Å². The van der Waals surface area contributed by atoms with Crippen molar-refractivity contribution in [3.8, 4) is 11.5 Å². The SMILES string of the molecule is COc1c(OCCn2ccnc2)ccc2c1C(C)N1C(=N2)NC(=O)C1C(N)=O. The van der Waals surface area contributed by atoms with Crippen LogP contribution < -0.4 is 20.5 Å². The first kappa shape index (κ1) is 17.8. The number of methoxy groups -OCH3 is 1. The van der Waals surface area contributed by atoms with Crippen LogP contribution in [0.3, 0.4) is 0 Å². The molecule has 0 spiro atoms. The van der Waals surface area contributed by atoms with Gasteiger partial charge in [0, 0.05) is 18.0 Å². The normalized spacial score (nSPS) is 20.1. The lowest BCUT2D eigenvalue weighted by Gasteiger charge is -2.34. The number of primary amides is 1. The van der Waals surface area contributed by atoms with E-state index in [1.807, 2.05) is 17.7 Å². The van der Waals surface area contributed by atoms with Gasteiger partial charge in [0.1, 0.15) is 6.61 Å². The summed E-state index contributed by atoms with van der Waals surface area (Å²) in [6, 6.07) is 2.10. The molecule has 2 amide bonds. The lowest BCUT2D eigenvalue weighted by Crippen LogP contribution is -2.47. The molecule has 0 bridgehead atoms. The zero-order valence-electron chi connectivity index (χ0n) is 15.5. The van der Waals surface area contributed by atoms with Crippen LogP contribution in [0.1, 0.15) is 18.5 Å². The number of aliphatic imine (C=N–C) groups is 1. The number of hydrogen-bond acceptors (Lipinski definition) is 7. The van der Waals surface area contributed by atoms with Crippen LogP contribution in [0, 0.1) is 0 Å². The summed E-state index contributed by atoms with van der Waals surface area (Å²) in [6.07, 6.45) is 5.28. The molecule has 1 saturated heterocycles. The van der Waals surface area contributed by atoms with E-state index in [1.54, 1.807) is 36.7 Å². The predicted molar refractivity (Wildman–Crippen MR) is 99.2 cm³/mol. The molecule has 1 aromatic carbocycles. The number of carbonyl (C=O) groups excluding carboxylic acids is 2. The van der Waals surface area contributed by atoms with E-state index in [4.69, 9.17) is 15.2 Å². The second kappa shape index (κ2) is 6.87. The number of nitrogens with two attached hydrogens (primary N) is 1. The highest BCUT2D eigenvalue weighted by Crippen LogP contribution is 2.46. The predicted octanol–water partition coefficient (Wildman–Crippen LogP) is 0.318. The first-order valence-electron chi connectivity index (χ1n) is 8.78. The average Bonchev–Trinajstić information content (AvgIpc) is 3.29. The second-order valence-electron chi connectivity index (χ2n) is 6.49. The van der Waals surface area contributed by atoms with Gasteiger partial charge in [-0.15, -0.1) is 0 Å². The van der Waals surface area contributed by atoms with E-state index in [9.17, 15) is 9.59 Å². The van der Waals surface area contributed by atoms with Gasteiger partial charge in [-0.1, -0.05) is 0 Å². The lowest BCUT2D eigenvalue weighted by molar-refractivity contribution is -0.131. The Morgan fingerprint density at radius 3 is 2.89 bits per heavy atom. The number of ether oxygens (including phenoxy) is 2. The number of imidazole rings is 1. The van der Waals surface area contributed by atoms with Crippen LogP contribution in [0.25, 0.3) is 0 Å². The van der Waals surface area contributed by atoms with E-state index in [0.717, 1.165) is 5.56 Å². The number of aromatic nitrogens is 2. The molecule has 2 aliphatic heterocycles. The summed E-state index contributed by atoms with van der Waals surface area (Å²) in [6.45, 7) is 2.91. The van der Waals surface area contributed by atoms with Crippen LogP contribution in [0.4, 0.5) is 5.69 Å². The van der Waals surface area contributed by atoms with Gasteiger partial charge in [0.05, 0.1) is 31.7 Å². The molecule has 1 fully saturated rings. The van der Waals surface area contributed by atoms with Crippen LogP contribution in [0.15, 0.2) is 35.8 Å². The van der Waals surface area contributed by atoms with Gasteiger partial charge >= 0.3 is 0 Å². The molecule has 3 heterocycles. The minimum Gasteiger partial charge on any atom is -0.492 e. The van der Waals surface area contributed by atoms with Crippen molar-refractivity contribution >= 4 is 23.5 Å². The summed E-state index contributed by atoms with van der Waals surface area (Å²) in [7, 11) is 1.54. The molecule has 10 heteroatoms. The second-order valence-corrected chi connectivity index (χ2v) is 6.49. The van der Waals surface area contributed by atoms with Gasteiger partial charge in [0.15, 0.2) is 17.5 Å². The zero-order valence-corrected chi connectivity index (χ0v) is 15.5. The summed E-state index contributed by atoms with van der Waals surface area (Å²) in [4.78, 5) is 34.0. The fourth-order valence-electron chi connectivity index (χ4n) is 3.58. The van der Waals surface area contributed by atoms with Crippen molar-refractivity contribution in [3.63, 3.8) is 0 Å². The van der Waals surface area contributed by atoms with Crippen LogP contribution in [-0.4, -0.2) is 52.0 Å². The summed E-state index contributed by atoms with van der Waals surface area (Å²) in [5.74, 6) is 0.165. The topological polar surface area (TPSA) is 124 Å². The number of guanidine groups is 1. The van der Waals surface area contributed by atoms with Gasteiger partial charge in [-0.25, -0.2) is 9.98 Å². The average molecular weight is 384 g/mol. The molecular weight excluding hydrogens is 364 g/mol. The minimum absolute atomic E-state index is 0.310. The Balaban J connectivity index is 1.65. The summed E-state index contributed by atoms with van der Waals surface area (Å²) >= 11 is 0. The Morgan fingerprint density at radius 1 is 1.39 bits per heavy atom. The standard InChI is InChI=1S/C18H20N6O4/c1-10-13-11(21-18-22-17(26)14(16(19)25)24(10)18)3-4-12(15(13)27-2)28-8-7-23-6-5-20-9-23/h3-6,9-10,14H,7-8H2,1-2H3,(H2,19,25)(H,21,22,26). The van der Waals surface area contributed by atoms with Gasteiger partial charge < -0.3 is 24.7 Å². The molecule has 146 valence electrons. The number of hydrogen-bond donors (Lipinski definition) is 2. The molecule has 3 N–H and O–H groups in total. The maximum absolute atomic E-state index is 12.2. The van der Waals surface area contributed by atoms with E-state index in [2.05, 4.69) is 15.3 Å². The third-order valence-electron chi connectivity index (χ3n) is 4.84. The van der Waals surface area contributed by atoms with E-state index >= 15 is 0 Å². The summed E-state index contributed by atoms with van der Waals surface area (Å²) in [5.41, 5.74) is 6.80. The smallest absolute Gasteiger partial charge is 0.259 e. The number of amides is 2.